The van der Waals surface area contributed by atoms with Gasteiger partial charge in [-0.25, -0.2) is 4.98 Å². The molecule has 0 spiro atoms. The predicted octanol–water partition coefficient (Wildman–Crippen LogP) is 2.53. The topological polar surface area (TPSA) is 41.9 Å². The first-order valence-corrected chi connectivity index (χ1v) is 6.43. The van der Waals surface area contributed by atoms with Gasteiger partial charge in [0.05, 0.1) is 0 Å². The van der Waals surface area contributed by atoms with Gasteiger partial charge in [0.2, 0.25) is 0 Å². The maximum absolute atomic E-state index is 4.41. The molecule has 1 aliphatic heterocycles. The summed E-state index contributed by atoms with van der Waals surface area (Å²) in [6.07, 6.45) is 5.29. The van der Waals surface area contributed by atoms with Crippen molar-refractivity contribution < 1.29 is 0 Å². The third kappa shape index (κ3) is 2.18. The number of hydrogen-bond donors (Lipinski definition) is 0. The highest BCUT2D eigenvalue weighted by atomic mass is 15.3. The quantitative estimate of drug-likeness (QED) is 0.809. The largest absolute Gasteiger partial charge is 0.353 e. The third-order valence-electron chi connectivity index (χ3n) is 3.31. The zero-order valence-corrected chi connectivity index (χ0v) is 10.3. The Hall–Kier alpha value is -1.97. The van der Waals surface area contributed by atoms with Crippen molar-refractivity contribution in [2.24, 2.45) is 0 Å². The van der Waals surface area contributed by atoms with E-state index < -0.39 is 0 Å². The van der Waals surface area contributed by atoms with E-state index >= 15 is 0 Å². The van der Waals surface area contributed by atoms with Gasteiger partial charge in [-0.3, -0.25) is 0 Å². The standard InChI is InChI=1S/C14H16N4/c1-3-7-12(8-4-1)13-14(17-16-11-15-13)18-9-5-2-6-10-18/h1,3-4,7-8,11H,2,5-6,9-10H2. The second-order valence-electron chi connectivity index (χ2n) is 4.55. The summed E-state index contributed by atoms with van der Waals surface area (Å²) in [6.45, 7) is 2.11. The van der Waals surface area contributed by atoms with Gasteiger partial charge in [-0.15, -0.1) is 10.2 Å². The van der Waals surface area contributed by atoms with Gasteiger partial charge in [-0.1, -0.05) is 30.3 Å². The maximum atomic E-state index is 4.41. The van der Waals surface area contributed by atoms with E-state index in [2.05, 4.69) is 32.2 Å². The first-order valence-electron chi connectivity index (χ1n) is 6.43. The zero-order chi connectivity index (χ0) is 12.2. The molecule has 92 valence electrons. The lowest BCUT2D eigenvalue weighted by atomic mass is 10.1. The molecule has 18 heavy (non-hydrogen) atoms. The molecule has 1 saturated heterocycles. The van der Waals surface area contributed by atoms with Crippen molar-refractivity contribution in [2.45, 2.75) is 19.3 Å². The molecule has 4 heteroatoms. The van der Waals surface area contributed by atoms with Crippen LogP contribution in [0.2, 0.25) is 0 Å². The highest BCUT2D eigenvalue weighted by Crippen LogP contribution is 2.27. The molecule has 4 nitrogen and oxygen atoms in total. The van der Waals surface area contributed by atoms with Gasteiger partial charge in [-0.05, 0) is 19.3 Å². The summed E-state index contributed by atoms with van der Waals surface area (Å²) in [5.41, 5.74) is 2.04. The fourth-order valence-electron chi connectivity index (χ4n) is 2.39. The summed E-state index contributed by atoms with van der Waals surface area (Å²) in [5, 5.41) is 8.24. The highest BCUT2D eigenvalue weighted by Gasteiger charge is 2.17. The second kappa shape index (κ2) is 5.12. The fraction of sp³-hybridized carbons (Fsp3) is 0.357. The number of nitrogens with zero attached hydrogens (tertiary/aromatic N) is 4. The van der Waals surface area contributed by atoms with Crippen molar-refractivity contribution in [3.8, 4) is 11.3 Å². The van der Waals surface area contributed by atoms with Crippen LogP contribution >= 0.6 is 0 Å². The number of benzene rings is 1. The number of anilines is 1. The van der Waals surface area contributed by atoms with Crippen molar-refractivity contribution in [1.29, 1.82) is 0 Å². The molecule has 0 aliphatic carbocycles. The van der Waals surface area contributed by atoms with Crippen LogP contribution in [0.5, 0.6) is 0 Å². The molecule has 3 rings (SSSR count). The average Bonchev–Trinajstić information content (AvgIpc) is 2.49. The van der Waals surface area contributed by atoms with Crippen LogP contribution in [0.1, 0.15) is 19.3 Å². The Balaban J connectivity index is 1.99. The van der Waals surface area contributed by atoms with Gasteiger partial charge >= 0.3 is 0 Å². The van der Waals surface area contributed by atoms with E-state index in [1.54, 1.807) is 0 Å². The first kappa shape index (κ1) is 11.1. The van der Waals surface area contributed by atoms with Crippen molar-refractivity contribution in [2.75, 3.05) is 18.0 Å². The Bertz CT molecular complexity index is 506. The Morgan fingerprint density at radius 1 is 0.944 bits per heavy atom. The number of rotatable bonds is 2. The normalized spacial score (nSPS) is 15.7. The molecule has 0 atom stereocenters. The second-order valence-corrected chi connectivity index (χ2v) is 4.55. The fourth-order valence-corrected chi connectivity index (χ4v) is 2.39. The van der Waals surface area contributed by atoms with Crippen molar-refractivity contribution in [3.63, 3.8) is 0 Å². The molecule has 1 aromatic carbocycles. The molecule has 1 aromatic heterocycles. The van der Waals surface area contributed by atoms with Crippen LogP contribution in [0.15, 0.2) is 36.7 Å². The van der Waals surface area contributed by atoms with Gasteiger partial charge in [0.1, 0.15) is 12.0 Å². The number of aromatic nitrogens is 3. The summed E-state index contributed by atoms with van der Waals surface area (Å²) < 4.78 is 0. The van der Waals surface area contributed by atoms with Crippen LogP contribution in [0.25, 0.3) is 11.3 Å². The van der Waals surface area contributed by atoms with E-state index in [0.717, 1.165) is 30.2 Å². The Morgan fingerprint density at radius 2 is 1.72 bits per heavy atom. The minimum absolute atomic E-state index is 0.920. The Labute approximate surface area is 107 Å². The molecular formula is C14H16N4. The van der Waals surface area contributed by atoms with E-state index in [9.17, 15) is 0 Å². The van der Waals surface area contributed by atoms with Crippen LogP contribution in [0, 0.1) is 0 Å². The summed E-state index contributed by atoms with van der Waals surface area (Å²) in [7, 11) is 0. The van der Waals surface area contributed by atoms with Crippen molar-refractivity contribution in [3.05, 3.63) is 36.7 Å². The summed E-state index contributed by atoms with van der Waals surface area (Å²) >= 11 is 0. The molecule has 0 N–H and O–H groups in total. The smallest absolute Gasteiger partial charge is 0.177 e. The summed E-state index contributed by atoms with van der Waals surface area (Å²) in [4.78, 5) is 6.71. The molecule has 0 unspecified atom stereocenters. The maximum Gasteiger partial charge on any atom is 0.177 e. The molecule has 0 amide bonds. The monoisotopic (exact) mass is 240 g/mol. The molecule has 0 saturated carbocycles. The van der Waals surface area contributed by atoms with Crippen LogP contribution in [-0.4, -0.2) is 28.3 Å². The summed E-state index contributed by atoms with van der Waals surface area (Å²) in [6, 6.07) is 10.2. The lowest BCUT2D eigenvalue weighted by molar-refractivity contribution is 0.570. The molecular weight excluding hydrogens is 224 g/mol. The minimum Gasteiger partial charge on any atom is -0.353 e. The molecule has 1 aliphatic rings. The average molecular weight is 240 g/mol. The van der Waals surface area contributed by atoms with Crippen molar-refractivity contribution in [1.82, 2.24) is 15.2 Å². The van der Waals surface area contributed by atoms with E-state index in [4.69, 9.17) is 0 Å². The zero-order valence-electron chi connectivity index (χ0n) is 10.3. The lowest BCUT2D eigenvalue weighted by Gasteiger charge is -2.28. The van der Waals surface area contributed by atoms with E-state index in [1.165, 1.54) is 25.6 Å². The van der Waals surface area contributed by atoms with Crippen LogP contribution in [-0.2, 0) is 0 Å². The van der Waals surface area contributed by atoms with E-state index in [-0.39, 0.29) is 0 Å². The van der Waals surface area contributed by atoms with Crippen molar-refractivity contribution >= 4 is 5.82 Å². The molecule has 2 aromatic rings. The molecule has 0 bridgehead atoms. The Morgan fingerprint density at radius 3 is 2.50 bits per heavy atom. The van der Waals surface area contributed by atoms with Crippen LogP contribution < -0.4 is 4.90 Å². The lowest BCUT2D eigenvalue weighted by Crippen LogP contribution is -2.31. The third-order valence-corrected chi connectivity index (χ3v) is 3.31. The van der Waals surface area contributed by atoms with Crippen LogP contribution in [0.3, 0.4) is 0 Å². The number of piperidine rings is 1. The van der Waals surface area contributed by atoms with Gasteiger partial charge in [0.15, 0.2) is 5.82 Å². The first-order chi connectivity index (χ1) is 8.95. The van der Waals surface area contributed by atoms with Gasteiger partial charge in [-0.2, -0.15) is 0 Å². The van der Waals surface area contributed by atoms with E-state index in [0.29, 0.717) is 0 Å². The van der Waals surface area contributed by atoms with Gasteiger partial charge in [0.25, 0.3) is 0 Å². The summed E-state index contributed by atoms with van der Waals surface area (Å²) in [5.74, 6) is 0.920. The van der Waals surface area contributed by atoms with Gasteiger partial charge < -0.3 is 4.90 Å². The number of hydrogen-bond acceptors (Lipinski definition) is 4. The highest BCUT2D eigenvalue weighted by molar-refractivity contribution is 5.71. The van der Waals surface area contributed by atoms with Crippen LogP contribution in [0.4, 0.5) is 5.82 Å². The minimum atomic E-state index is 0.920. The Kier molecular flexibility index (Phi) is 3.17. The van der Waals surface area contributed by atoms with E-state index in [1.807, 2.05) is 18.2 Å². The molecule has 1 fully saturated rings. The SMILES string of the molecule is c1ccc(-c2ncnnc2N2CCCCC2)cc1. The molecule has 2 heterocycles. The van der Waals surface area contributed by atoms with Gasteiger partial charge in [0, 0.05) is 18.7 Å². The molecule has 0 radical (unpaired) electrons. The predicted molar refractivity (Wildman–Crippen MR) is 71.3 cm³/mol.